The van der Waals surface area contributed by atoms with Gasteiger partial charge in [0, 0.05) is 4.47 Å². The molecule has 0 saturated carbocycles. The molecule has 0 aliphatic rings. The molecule has 1 aromatic rings. The fourth-order valence-corrected chi connectivity index (χ4v) is 1.47. The van der Waals surface area contributed by atoms with Crippen molar-refractivity contribution in [3.63, 3.8) is 0 Å². The lowest BCUT2D eigenvalue weighted by molar-refractivity contribution is 0.107. The van der Waals surface area contributed by atoms with Crippen molar-refractivity contribution in [1.82, 2.24) is 0 Å². The first kappa shape index (κ1) is 10.5. The Morgan fingerprint density at radius 3 is 2.62 bits per heavy atom. The molecule has 70 valence electrons. The topological polar surface area (TPSA) is 26.3 Å². The van der Waals surface area contributed by atoms with Gasteiger partial charge in [-0.3, -0.25) is 4.79 Å². The van der Waals surface area contributed by atoms with Crippen molar-refractivity contribution in [1.29, 1.82) is 0 Å². The second kappa shape index (κ2) is 4.11. The zero-order chi connectivity index (χ0) is 10.0. The van der Waals surface area contributed by atoms with Crippen molar-refractivity contribution in [2.24, 2.45) is 0 Å². The van der Waals surface area contributed by atoms with Gasteiger partial charge in [0.25, 0.3) is 5.24 Å². The van der Waals surface area contributed by atoms with Crippen molar-refractivity contribution in [2.75, 3.05) is 7.11 Å². The summed E-state index contributed by atoms with van der Waals surface area (Å²) in [6.07, 6.45) is 0. The Hall–Kier alpha value is -0.540. The normalized spacial score (nSPS) is 9.85. The van der Waals surface area contributed by atoms with Crippen LogP contribution in [-0.2, 0) is 0 Å². The van der Waals surface area contributed by atoms with E-state index in [0.717, 1.165) is 10.0 Å². The smallest absolute Gasteiger partial charge is 0.256 e. The summed E-state index contributed by atoms with van der Waals surface area (Å²) in [6, 6.07) is 3.42. The van der Waals surface area contributed by atoms with Crippen LogP contribution in [0.3, 0.4) is 0 Å². The SMILES string of the molecule is COc1cc(C)c(Br)cc1C(=O)Cl. The van der Waals surface area contributed by atoms with Crippen molar-refractivity contribution in [2.45, 2.75) is 6.92 Å². The largest absolute Gasteiger partial charge is 0.496 e. The van der Waals surface area contributed by atoms with Crippen LogP contribution in [-0.4, -0.2) is 12.4 Å². The molecule has 4 heteroatoms. The molecule has 0 radical (unpaired) electrons. The molecule has 0 fully saturated rings. The Morgan fingerprint density at radius 2 is 2.15 bits per heavy atom. The second-order valence-electron chi connectivity index (χ2n) is 2.58. The number of ether oxygens (including phenoxy) is 1. The lowest BCUT2D eigenvalue weighted by Crippen LogP contribution is -1.96. The fraction of sp³-hybridized carbons (Fsp3) is 0.222. The van der Waals surface area contributed by atoms with Crippen LogP contribution in [0.2, 0.25) is 0 Å². The molecule has 1 aromatic carbocycles. The highest BCUT2D eigenvalue weighted by atomic mass is 79.9. The zero-order valence-electron chi connectivity index (χ0n) is 7.23. The summed E-state index contributed by atoms with van der Waals surface area (Å²) in [7, 11) is 1.51. The Kier molecular flexibility index (Phi) is 3.33. The molecule has 2 nitrogen and oxygen atoms in total. The number of hydrogen-bond donors (Lipinski definition) is 0. The van der Waals surface area contributed by atoms with Crippen LogP contribution >= 0.6 is 27.5 Å². The number of hydrogen-bond acceptors (Lipinski definition) is 2. The van der Waals surface area contributed by atoms with Gasteiger partial charge in [-0.05, 0) is 36.2 Å². The van der Waals surface area contributed by atoms with E-state index in [1.54, 1.807) is 12.1 Å². The first-order valence-corrected chi connectivity index (χ1v) is 4.77. The summed E-state index contributed by atoms with van der Waals surface area (Å²) in [5.74, 6) is 0.501. The molecule has 0 amide bonds. The van der Waals surface area contributed by atoms with E-state index in [9.17, 15) is 4.79 Å². The van der Waals surface area contributed by atoms with Crippen LogP contribution in [0, 0.1) is 6.92 Å². The van der Waals surface area contributed by atoms with Gasteiger partial charge in [0.05, 0.1) is 12.7 Å². The van der Waals surface area contributed by atoms with Crippen molar-refractivity contribution >= 4 is 32.8 Å². The molecule has 0 heterocycles. The number of rotatable bonds is 2. The lowest BCUT2D eigenvalue weighted by Gasteiger charge is -2.07. The third-order valence-electron chi connectivity index (χ3n) is 1.69. The Morgan fingerprint density at radius 1 is 1.54 bits per heavy atom. The summed E-state index contributed by atoms with van der Waals surface area (Å²) in [5.41, 5.74) is 1.38. The first-order chi connectivity index (χ1) is 6.06. The lowest BCUT2D eigenvalue weighted by atomic mass is 10.1. The monoisotopic (exact) mass is 262 g/mol. The predicted molar refractivity (Wildman–Crippen MR) is 55.6 cm³/mol. The summed E-state index contributed by atoms with van der Waals surface area (Å²) in [6.45, 7) is 1.91. The van der Waals surface area contributed by atoms with Crippen LogP contribution < -0.4 is 4.74 Å². The van der Waals surface area contributed by atoms with E-state index >= 15 is 0 Å². The molecule has 0 atom stereocenters. The molecule has 1 rings (SSSR count). The average Bonchev–Trinajstić information content (AvgIpc) is 2.08. The Bertz CT molecular complexity index is 350. The van der Waals surface area contributed by atoms with E-state index in [1.165, 1.54) is 7.11 Å². The van der Waals surface area contributed by atoms with Crippen LogP contribution in [0.4, 0.5) is 0 Å². The van der Waals surface area contributed by atoms with E-state index in [-0.39, 0.29) is 0 Å². The van der Waals surface area contributed by atoms with Crippen LogP contribution in [0.25, 0.3) is 0 Å². The van der Waals surface area contributed by atoms with Gasteiger partial charge in [0.15, 0.2) is 0 Å². The highest BCUT2D eigenvalue weighted by Gasteiger charge is 2.11. The second-order valence-corrected chi connectivity index (χ2v) is 3.77. The maximum atomic E-state index is 11.0. The quantitative estimate of drug-likeness (QED) is 0.766. The third-order valence-corrected chi connectivity index (χ3v) is 2.75. The minimum atomic E-state index is -0.516. The summed E-state index contributed by atoms with van der Waals surface area (Å²) >= 11 is 8.68. The van der Waals surface area contributed by atoms with Gasteiger partial charge in [-0.25, -0.2) is 0 Å². The number of benzene rings is 1. The number of carbonyl (C=O) groups excluding carboxylic acids is 1. The van der Waals surface area contributed by atoms with Gasteiger partial charge >= 0.3 is 0 Å². The minimum Gasteiger partial charge on any atom is -0.496 e. The van der Waals surface area contributed by atoms with E-state index < -0.39 is 5.24 Å². The van der Waals surface area contributed by atoms with Crippen molar-refractivity contribution in [3.8, 4) is 5.75 Å². The molecular formula is C9H8BrClO2. The van der Waals surface area contributed by atoms with Crippen LogP contribution in [0.5, 0.6) is 5.75 Å². The maximum Gasteiger partial charge on any atom is 0.256 e. The van der Waals surface area contributed by atoms with Gasteiger partial charge in [-0.1, -0.05) is 15.9 Å². The molecular weight excluding hydrogens is 255 g/mol. The summed E-state index contributed by atoms with van der Waals surface area (Å²) < 4.78 is 5.86. The first-order valence-electron chi connectivity index (χ1n) is 3.60. The van der Waals surface area contributed by atoms with Crippen molar-refractivity contribution in [3.05, 3.63) is 27.7 Å². The molecule has 0 saturated heterocycles. The molecule has 0 unspecified atom stereocenters. The Balaban J connectivity index is 3.33. The number of halogens is 2. The summed E-state index contributed by atoms with van der Waals surface area (Å²) in [4.78, 5) is 11.0. The molecule has 0 aliphatic carbocycles. The van der Waals surface area contributed by atoms with Gasteiger partial charge in [-0.2, -0.15) is 0 Å². The van der Waals surface area contributed by atoms with E-state index in [2.05, 4.69) is 15.9 Å². The third kappa shape index (κ3) is 2.23. The maximum absolute atomic E-state index is 11.0. The highest BCUT2D eigenvalue weighted by molar-refractivity contribution is 9.10. The molecule has 0 N–H and O–H groups in total. The van der Waals surface area contributed by atoms with E-state index in [1.807, 2.05) is 6.92 Å². The van der Waals surface area contributed by atoms with Crippen molar-refractivity contribution < 1.29 is 9.53 Å². The van der Waals surface area contributed by atoms with Crippen LogP contribution in [0.1, 0.15) is 15.9 Å². The molecule has 0 spiro atoms. The molecule has 0 bridgehead atoms. The van der Waals surface area contributed by atoms with Gasteiger partial charge in [0.2, 0.25) is 0 Å². The van der Waals surface area contributed by atoms with Gasteiger partial charge < -0.3 is 4.74 Å². The molecule has 0 aromatic heterocycles. The Labute approximate surface area is 90.0 Å². The number of methoxy groups -OCH3 is 1. The predicted octanol–water partition coefficient (Wildman–Crippen LogP) is 3.15. The number of carbonyl (C=O) groups is 1. The highest BCUT2D eigenvalue weighted by Crippen LogP contribution is 2.27. The number of aryl methyl sites for hydroxylation is 1. The average molecular weight is 264 g/mol. The van der Waals surface area contributed by atoms with Crippen LogP contribution in [0.15, 0.2) is 16.6 Å². The zero-order valence-corrected chi connectivity index (χ0v) is 9.57. The van der Waals surface area contributed by atoms with Gasteiger partial charge in [-0.15, -0.1) is 0 Å². The van der Waals surface area contributed by atoms with E-state index in [4.69, 9.17) is 16.3 Å². The standard InChI is InChI=1S/C9H8BrClO2/c1-5-3-8(13-2)6(9(11)12)4-7(5)10/h3-4H,1-2H3. The van der Waals surface area contributed by atoms with E-state index in [0.29, 0.717) is 11.3 Å². The summed E-state index contributed by atoms with van der Waals surface area (Å²) in [5, 5.41) is -0.516. The molecule has 13 heavy (non-hydrogen) atoms. The van der Waals surface area contributed by atoms with Gasteiger partial charge in [0.1, 0.15) is 5.75 Å². The minimum absolute atomic E-state index is 0.377. The molecule has 0 aliphatic heterocycles. The fourth-order valence-electron chi connectivity index (χ4n) is 0.978.